The van der Waals surface area contributed by atoms with Gasteiger partial charge in [0.15, 0.2) is 11.5 Å². The SMILES string of the molecule is c1ccc2c(c1)CCN(C1CCCN(Cc3cccc4c3OCO4)C1)C2. The summed E-state index contributed by atoms with van der Waals surface area (Å²) in [6, 6.07) is 15.8. The molecule has 0 aromatic heterocycles. The number of fused-ring (bicyclic) bond motifs is 2. The molecule has 0 saturated carbocycles. The van der Waals surface area contributed by atoms with E-state index < -0.39 is 0 Å². The second-order valence-electron chi connectivity index (χ2n) is 7.67. The molecule has 3 heterocycles. The van der Waals surface area contributed by atoms with Gasteiger partial charge in [0.25, 0.3) is 0 Å². The molecule has 3 aliphatic rings. The van der Waals surface area contributed by atoms with Gasteiger partial charge in [0.2, 0.25) is 6.79 Å². The molecule has 1 atom stereocenters. The topological polar surface area (TPSA) is 24.9 Å². The molecule has 0 radical (unpaired) electrons. The Morgan fingerprint density at radius 3 is 2.85 bits per heavy atom. The van der Waals surface area contributed by atoms with Gasteiger partial charge in [-0.05, 0) is 43.0 Å². The molecule has 1 saturated heterocycles. The van der Waals surface area contributed by atoms with Gasteiger partial charge in [0.05, 0.1) is 0 Å². The molecule has 5 rings (SSSR count). The number of likely N-dealkylation sites (tertiary alicyclic amines) is 1. The Kier molecular flexibility index (Phi) is 4.31. The van der Waals surface area contributed by atoms with Crippen molar-refractivity contribution in [3.8, 4) is 11.5 Å². The van der Waals surface area contributed by atoms with Gasteiger partial charge in [0.1, 0.15) is 0 Å². The molecule has 3 aliphatic heterocycles. The zero-order chi connectivity index (χ0) is 17.3. The van der Waals surface area contributed by atoms with Crippen LogP contribution in [-0.4, -0.2) is 42.3 Å². The Bertz CT molecular complexity index is 791. The van der Waals surface area contributed by atoms with E-state index in [1.807, 2.05) is 6.07 Å². The Balaban J connectivity index is 1.27. The highest BCUT2D eigenvalue weighted by atomic mass is 16.7. The van der Waals surface area contributed by atoms with Crippen molar-refractivity contribution in [2.45, 2.75) is 38.4 Å². The monoisotopic (exact) mass is 350 g/mol. The molecule has 1 fully saturated rings. The van der Waals surface area contributed by atoms with Gasteiger partial charge in [-0.2, -0.15) is 0 Å². The predicted octanol–water partition coefficient (Wildman–Crippen LogP) is 3.44. The largest absolute Gasteiger partial charge is 0.454 e. The predicted molar refractivity (Wildman–Crippen MR) is 101 cm³/mol. The van der Waals surface area contributed by atoms with Crippen LogP contribution in [0.5, 0.6) is 11.5 Å². The van der Waals surface area contributed by atoms with E-state index in [2.05, 4.69) is 46.2 Å². The highest BCUT2D eigenvalue weighted by molar-refractivity contribution is 5.48. The van der Waals surface area contributed by atoms with E-state index in [1.165, 1.54) is 49.0 Å². The van der Waals surface area contributed by atoms with E-state index in [9.17, 15) is 0 Å². The molecule has 0 amide bonds. The fourth-order valence-electron chi connectivity index (χ4n) is 4.66. The van der Waals surface area contributed by atoms with Crippen molar-refractivity contribution in [1.29, 1.82) is 0 Å². The highest BCUT2D eigenvalue weighted by Gasteiger charge is 2.28. The van der Waals surface area contributed by atoms with Gasteiger partial charge in [-0.25, -0.2) is 0 Å². The van der Waals surface area contributed by atoms with Crippen molar-refractivity contribution >= 4 is 0 Å². The summed E-state index contributed by atoms with van der Waals surface area (Å²) in [5, 5.41) is 0. The maximum Gasteiger partial charge on any atom is 0.231 e. The molecule has 0 bridgehead atoms. The maximum atomic E-state index is 5.69. The third kappa shape index (κ3) is 3.08. The minimum absolute atomic E-state index is 0.349. The van der Waals surface area contributed by atoms with Crippen LogP contribution in [0.4, 0.5) is 0 Å². The number of para-hydroxylation sites is 1. The summed E-state index contributed by atoms with van der Waals surface area (Å²) in [6.45, 7) is 5.91. The van der Waals surface area contributed by atoms with Gasteiger partial charge in [-0.3, -0.25) is 9.80 Å². The molecule has 4 heteroatoms. The van der Waals surface area contributed by atoms with E-state index in [4.69, 9.17) is 9.47 Å². The average molecular weight is 350 g/mol. The van der Waals surface area contributed by atoms with Gasteiger partial charge >= 0.3 is 0 Å². The molecule has 2 aromatic rings. The number of nitrogens with zero attached hydrogens (tertiary/aromatic N) is 2. The first kappa shape index (κ1) is 16.2. The molecule has 136 valence electrons. The highest BCUT2D eigenvalue weighted by Crippen LogP contribution is 2.36. The molecular weight excluding hydrogens is 324 g/mol. The lowest BCUT2D eigenvalue weighted by atomic mass is 9.96. The third-order valence-electron chi connectivity index (χ3n) is 6.03. The molecule has 0 aliphatic carbocycles. The van der Waals surface area contributed by atoms with Gasteiger partial charge in [-0.1, -0.05) is 36.4 Å². The summed E-state index contributed by atoms with van der Waals surface area (Å²) in [5.41, 5.74) is 4.31. The molecule has 0 N–H and O–H groups in total. The summed E-state index contributed by atoms with van der Waals surface area (Å²) in [5.74, 6) is 1.84. The Labute approximate surface area is 155 Å². The quantitative estimate of drug-likeness (QED) is 0.847. The molecule has 4 nitrogen and oxygen atoms in total. The van der Waals surface area contributed by atoms with E-state index in [0.717, 1.165) is 31.1 Å². The summed E-state index contributed by atoms with van der Waals surface area (Å²) in [7, 11) is 0. The molecule has 1 unspecified atom stereocenters. The molecule has 2 aromatic carbocycles. The average Bonchev–Trinajstić information content (AvgIpc) is 3.18. The van der Waals surface area contributed by atoms with Crippen molar-refractivity contribution in [1.82, 2.24) is 9.80 Å². The van der Waals surface area contributed by atoms with Gasteiger partial charge in [-0.15, -0.1) is 0 Å². The van der Waals surface area contributed by atoms with Crippen LogP contribution >= 0.6 is 0 Å². The number of ether oxygens (including phenoxy) is 2. The van der Waals surface area contributed by atoms with E-state index in [1.54, 1.807) is 0 Å². The van der Waals surface area contributed by atoms with Crippen molar-refractivity contribution in [2.75, 3.05) is 26.4 Å². The number of hydrogen-bond acceptors (Lipinski definition) is 4. The zero-order valence-electron chi connectivity index (χ0n) is 15.2. The fourth-order valence-corrected chi connectivity index (χ4v) is 4.66. The van der Waals surface area contributed by atoms with Gasteiger partial charge in [0, 0.05) is 37.8 Å². The van der Waals surface area contributed by atoms with Crippen LogP contribution in [0.25, 0.3) is 0 Å². The van der Waals surface area contributed by atoms with E-state index >= 15 is 0 Å². The van der Waals surface area contributed by atoms with Crippen molar-refractivity contribution in [3.05, 3.63) is 59.2 Å². The molecular formula is C22H26N2O2. The second-order valence-corrected chi connectivity index (χ2v) is 7.67. The van der Waals surface area contributed by atoms with Crippen LogP contribution in [0, 0.1) is 0 Å². The van der Waals surface area contributed by atoms with Crippen molar-refractivity contribution in [2.24, 2.45) is 0 Å². The Hall–Kier alpha value is -2.04. The van der Waals surface area contributed by atoms with Crippen molar-refractivity contribution in [3.63, 3.8) is 0 Å². The minimum Gasteiger partial charge on any atom is -0.454 e. The lowest BCUT2D eigenvalue weighted by molar-refractivity contribution is 0.0832. The van der Waals surface area contributed by atoms with Crippen molar-refractivity contribution < 1.29 is 9.47 Å². The Morgan fingerprint density at radius 1 is 0.962 bits per heavy atom. The maximum absolute atomic E-state index is 5.69. The lowest BCUT2D eigenvalue weighted by Crippen LogP contribution is -2.49. The fraction of sp³-hybridized carbons (Fsp3) is 0.455. The number of hydrogen-bond donors (Lipinski definition) is 0. The van der Waals surface area contributed by atoms with E-state index in [0.29, 0.717) is 12.8 Å². The normalized spacial score (nSPS) is 23.0. The summed E-state index contributed by atoms with van der Waals surface area (Å²) in [4.78, 5) is 5.29. The second kappa shape index (κ2) is 6.93. The van der Waals surface area contributed by atoms with Crippen LogP contribution in [0.2, 0.25) is 0 Å². The third-order valence-corrected chi connectivity index (χ3v) is 6.03. The lowest BCUT2D eigenvalue weighted by Gasteiger charge is -2.41. The van der Waals surface area contributed by atoms with E-state index in [-0.39, 0.29) is 0 Å². The van der Waals surface area contributed by atoms with Crippen LogP contribution in [-0.2, 0) is 19.5 Å². The Morgan fingerprint density at radius 2 is 1.88 bits per heavy atom. The first-order valence-corrected chi connectivity index (χ1v) is 9.77. The van der Waals surface area contributed by atoms with Crippen LogP contribution in [0.3, 0.4) is 0 Å². The number of benzene rings is 2. The summed E-state index contributed by atoms with van der Waals surface area (Å²) < 4.78 is 11.2. The number of piperidine rings is 1. The first-order chi connectivity index (χ1) is 12.9. The smallest absolute Gasteiger partial charge is 0.231 e. The summed E-state index contributed by atoms with van der Waals surface area (Å²) >= 11 is 0. The van der Waals surface area contributed by atoms with Crippen LogP contribution in [0.15, 0.2) is 42.5 Å². The zero-order valence-corrected chi connectivity index (χ0v) is 15.2. The molecule has 26 heavy (non-hydrogen) atoms. The first-order valence-electron chi connectivity index (χ1n) is 9.77. The standard InChI is InChI=1S/C22H26N2O2/c1-2-6-18-14-24(12-10-17(18)5-1)20-8-4-11-23(15-20)13-19-7-3-9-21-22(19)26-16-25-21/h1-3,5-7,9,20H,4,8,10-16H2. The minimum atomic E-state index is 0.349. The van der Waals surface area contributed by atoms with Gasteiger partial charge < -0.3 is 9.47 Å². The summed E-state index contributed by atoms with van der Waals surface area (Å²) in [6.07, 6.45) is 3.77. The van der Waals surface area contributed by atoms with Crippen LogP contribution in [0.1, 0.15) is 29.5 Å². The van der Waals surface area contributed by atoms with Crippen LogP contribution < -0.4 is 9.47 Å². The number of rotatable bonds is 3. The molecule has 0 spiro atoms.